The zero-order valence-corrected chi connectivity index (χ0v) is 13.6. The van der Waals surface area contributed by atoms with E-state index < -0.39 is 20.6 Å². The summed E-state index contributed by atoms with van der Waals surface area (Å²) in [6.07, 6.45) is 4.13. The summed E-state index contributed by atoms with van der Waals surface area (Å²) in [4.78, 5) is 10.1. The van der Waals surface area contributed by atoms with E-state index in [0.29, 0.717) is 16.3 Å². The molecule has 0 unspecified atom stereocenters. The number of nitrogens with zero attached hydrogens (tertiary/aromatic N) is 1. The Morgan fingerprint density at radius 1 is 1.24 bits per heavy atom. The summed E-state index contributed by atoms with van der Waals surface area (Å²) < 4.78 is 28.3. The number of sulfonamides is 1. The van der Waals surface area contributed by atoms with Gasteiger partial charge in [-0.15, -0.1) is 0 Å². The van der Waals surface area contributed by atoms with Gasteiger partial charge in [-0.25, -0.2) is 13.1 Å². The molecule has 0 heterocycles. The number of hydrogen-bond donors (Lipinski definition) is 1. The van der Waals surface area contributed by atoms with Crippen molar-refractivity contribution in [1.82, 2.24) is 4.72 Å². The Morgan fingerprint density at radius 3 is 2.29 bits per heavy atom. The normalized spacial score (nSPS) is 19.0. The molecule has 1 aromatic carbocycles. The largest absolute Gasteiger partial charge is 0.289 e. The predicted octanol–water partition coefficient (Wildman–Crippen LogP) is 2.82. The maximum absolute atomic E-state index is 12.5. The molecule has 2 saturated carbocycles. The molecule has 21 heavy (non-hydrogen) atoms. The van der Waals surface area contributed by atoms with Gasteiger partial charge in [-0.3, -0.25) is 10.1 Å². The molecule has 0 bridgehead atoms. The molecule has 2 fully saturated rings. The number of nitro groups is 1. The third-order valence-electron chi connectivity index (χ3n) is 3.96. The molecule has 1 aromatic rings. The maximum Gasteiger partial charge on any atom is 0.289 e. The first kappa shape index (κ1) is 14.9. The van der Waals surface area contributed by atoms with Crippen LogP contribution in [-0.4, -0.2) is 19.4 Å². The number of hydrogen-bond acceptors (Lipinski definition) is 4. The molecule has 2 aliphatic rings. The van der Waals surface area contributed by atoms with Crippen molar-refractivity contribution in [2.24, 2.45) is 11.8 Å². The molecule has 1 N–H and O–H groups in total. The first-order chi connectivity index (χ1) is 9.88. The number of rotatable bonds is 6. The zero-order chi connectivity index (χ0) is 15.2. The third kappa shape index (κ3) is 3.27. The van der Waals surface area contributed by atoms with Crippen molar-refractivity contribution >= 4 is 31.6 Å². The first-order valence-corrected chi connectivity index (χ1v) is 9.12. The minimum absolute atomic E-state index is 0.0754. The summed E-state index contributed by atoms with van der Waals surface area (Å²) in [6, 6.07) is 3.89. The Labute approximate surface area is 131 Å². The second kappa shape index (κ2) is 5.33. The van der Waals surface area contributed by atoms with Gasteiger partial charge in [0.2, 0.25) is 10.0 Å². The van der Waals surface area contributed by atoms with Crippen LogP contribution >= 0.6 is 15.9 Å². The summed E-state index contributed by atoms with van der Waals surface area (Å²) >= 11 is 3.17. The summed E-state index contributed by atoms with van der Waals surface area (Å²) in [5.74, 6) is 0.775. The van der Waals surface area contributed by atoms with Crippen molar-refractivity contribution in [2.45, 2.75) is 36.6 Å². The van der Waals surface area contributed by atoms with Gasteiger partial charge in [-0.1, -0.05) is 15.9 Å². The third-order valence-corrected chi connectivity index (χ3v) is 5.94. The fourth-order valence-electron chi connectivity index (χ4n) is 2.58. The van der Waals surface area contributed by atoms with Crippen molar-refractivity contribution in [1.29, 1.82) is 0 Å². The van der Waals surface area contributed by atoms with Crippen molar-refractivity contribution in [3.8, 4) is 0 Å². The lowest BCUT2D eigenvalue weighted by molar-refractivity contribution is -0.387. The Hall–Kier alpha value is -0.990. The van der Waals surface area contributed by atoms with Crippen LogP contribution in [0.2, 0.25) is 0 Å². The SMILES string of the molecule is O=[N+]([O-])c1ccc(Br)cc1S(=O)(=O)NC(C1CC1)C1CC1. The molecule has 114 valence electrons. The average Bonchev–Trinajstić information content (AvgIpc) is 3.27. The molecular weight excluding hydrogens is 360 g/mol. The molecule has 0 saturated heterocycles. The topological polar surface area (TPSA) is 89.3 Å². The van der Waals surface area contributed by atoms with Crippen molar-refractivity contribution < 1.29 is 13.3 Å². The van der Waals surface area contributed by atoms with Gasteiger partial charge in [-0.05, 0) is 49.7 Å². The van der Waals surface area contributed by atoms with Gasteiger partial charge >= 0.3 is 0 Å². The average molecular weight is 375 g/mol. The molecule has 0 aliphatic heterocycles. The lowest BCUT2D eigenvalue weighted by Gasteiger charge is -2.17. The highest BCUT2D eigenvalue weighted by molar-refractivity contribution is 9.10. The molecule has 0 radical (unpaired) electrons. The summed E-state index contributed by atoms with van der Waals surface area (Å²) in [7, 11) is -3.89. The van der Waals surface area contributed by atoms with Gasteiger partial charge < -0.3 is 0 Å². The number of nitro benzene ring substituents is 1. The van der Waals surface area contributed by atoms with Crippen molar-refractivity contribution in [3.05, 3.63) is 32.8 Å². The van der Waals surface area contributed by atoms with E-state index >= 15 is 0 Å². The van der Waals surface area contributed by atoms with Crippen LogP contribution < -0.4 is 4.72 Å². The second-order valence-corrected chi connectivity index (χ2v) is 8.29. The highest BCUT2D eigenvalue weighted by Gasteiger charge is 2.44. The van der Waals surface area contributed by atoms with Crippen LogP contribution in [0.15, 0.2) is 27.6 Å². The molecule has 6 nitrogen and oxygen atoms in total. The Morgan fingerprint density at radius 2 is 1.81 bits per heavy atom. The van der Waals surface area contributed by atoms with Crippen LogP contribution in [-0.2, 0) is 10.0 Å². The highest BCUT2D eigenvalue weighted by Crippen LogP contribution is 2.45. The van der Waals surface area contributed by atoms with E-state index in [9.17, 15) is 18.5 Å². The van der Waals surface area contributed by atoms with Crippen molar-refractivity contribution in [3.63, 3.8) is 0 Å². The smallest absolute Gasteiger partial charge is 0.258 e. The Kier molecular flexibility index (Phi) is 3.79. The van der Waals surface area contributed by atoms with E-state index in [2.05, 4.69) is 20.7 Å². The fraction of sp³-hybridized carbons (Fsp3) is 0.538. The first-order valence-electron chi connectivity index (χ1n) is 6.85. The number of nitrogens with one attached hydrogen (secondary N) is 1. The number of benzene rings is 1. The molecule has 8 heteroatoms. The van der Waals surface area contributed by atoms with Gasteiger partial charge in [-0.2, -0.15) is 0 Å². The van der Waals surface area contributed by atoms with E-state index in [0.717, 1.165) is 25.7 Å². The van der Waals surface area contributed by atoms with Gasteiger partial charge in [0.25, 0.3) is 5.69 Å². The molecule has 2 aliphatic carbocycles. The maximum atomic E-state index is 12.5. The van der Waals surface area contributed by atoms with E-state index in [1.807, 2.05) is 0 Å². The monoisotopic (exact) mass is 374 g/mol. The van der Waals surface area contributed by atoms with Gasteiger partial charge in [0, 0.05) is 16.6 Å². The van der Waals surface area contributed by atoms with Crippen LogP contribution in [0.25, 0.3) is 0 Å². The van der Waals surface area contributed by atoms with E-state index in [4.69, 9.17) is 0 Å². The highest BCUT2D eigenvalue weighted by atomic mass is 79.9. The quantitative estimate of drug-likeness (QED) is 0.612. The molecule has 0 atom stereocenters. The predicted molar refractivity (Wildman–Crippen MR) is 80.4 cm³/mol. The summed E-state index contributed by atoms with van der Waals surface area (Å²) in [5.41, 5.74) is -0.393. The minimum Gasteiger partial charge on any atom is -0.258 e. The lowest BCUT2D eigenvalue weighted by atomic mass is 10.1. The molecular formula is C13H15BrN2O4S. The summed E-state index contributed by atoms with van der Waals surface area (Å²) in [6.45, 7) is 0. The summed E-state index contributed by atoms with van der Waals surface area (Å²) in [5, 5.41) is 11.1. The second-order valence-electron chi connectivity index (χ2n) is 5.69. The molecule has 0 spiro atoms. The van der Waals surface area contributed by atoms with E-state index in [1.165, 1.54) is 18.2 Å². The minimum atomic E-state index is -3.89. The molecule has 3 rings (SSSR count). The van der Waals surface area contributed by atoms with Crippen LogP contribution in [0.5, 0.6) is 0 Å². The van der Waals surface area contributed by atoms with Crippen molar-refractivity contribution in [2.75, 3.05) is 0 Å². The number of halogens is 1. The fourth-order valence-corrected chi connectivity index (χ4v) is 4.67. The lowest BCUT2D eigenvalue weighted by Crippen LogP contribution is -2.38. The van der Waals surface area contributed by atoms with Crippen LogP contribution in [0.3, 0.4) is 0 Å². The molecule has 0 aromatic heterocycles. The van der Waals surface area contributed by atoms with Crippen LogP contribution in [0, 0.1) is 22.0 Å². The standard InChI is InChI=1S/C13H15BrN2O4S/c14-10-5-6-11(16(17)18)12(7-10)21(19,20)15-13(8-1-2-8)9-3-4-9/h5-9,13,15H,1-4H2. The Balaban J connectivity index is 1.93. The van der Waals surface area contributed by atoms with Crippen LogP contribution in [0.4, 0.5) is 5.69 Å². The van der Waals surface area contributed by atoms with E-state index in [-0.39, 0.29) is 10.9 Å². The van der Waals surface area contributed by atoms with Gasteiger partial charge in [0.05, 0.1) is 4.92 Å². The van der Waals surface area contributed by atoms with Crippen LogP contribution in [0.1, 0.15) is 25.7 Å². The van der Waals surface area contributed by atoms with Gasteiger partial charge in [0.1, 0.15) is 0 Å². The Bertz CT molecular complexity index is 671. The molecule has 0 amide bonds. The van der Waals surface area contributed by atoms with E-state index in [1.54, 1.807) is 0 Å². The zero-order valence-electron chi connectivity index (χ0n) is 11.2. The van der Waals surface area contributed by atoms with Gasteiger partial charge in [0.15, 0.2) is 4.90 Å².